The van der Waals surface area contributed by atoms with Crippen molar-refractivity contribution < 1.29 is 14.3 Å². The molecule has 0 unspecified atom stereocenters. The van der Waals surface area contributed by atoms with Gasteiger partial charge in [-0.15, -0.1) is 0 Å². The second kappa shape index (κ2) is 9.68. The summed E-state index contributed by atoms with van der Waals surface area (Å²) < 4.78 is 14.8. The van der Waals surface area contributed by atoms with E-state index in [1.165, 1.54) is 23.4 Å². The molecule has 1 fully saturated rings. The molecule has 0 saturated heterocycles. The highest BCUT2D eigenvalue weighted by Crippen LogP contribution is 2.47. The molecule has 9 nitrogen and oxygen atoms in total. The Bertz CT molecular complexity index is 1340. The summed E-state index contributed by atoms with van der Waals surface area (Å²) in [5.41, 5.74) is 3.55. The molecule has 37 heavy (non-hydrogen) atoms. The average Bonchev–Trinajstić information content (AvgIpc) is 3.67. The van der Waals surface area contributed by atoms with E-state index in [9.17, 15) is 14.3 Å². The molecular formula is C27H32FN7O2. The van der Waals surface area contributed by atoms with Crippen LogP contribution in [0.1, 0.15) is 60.8 Å². The number of hydrogen-bond acceptors (Lipinski definition) is 8. The first kappa shape index (κ1) is 25.0. The molecule has 2 aliphatic rings. The number of aliphatic hydroxyl groups excluding tert-OH is 1. The van der Waals surface area contributed by atoms with E-state index in [1.807, 2.05) is 13.0 Å². The van der Waals surface area contributed by atoms with Gasteiger partial charge < -0.3 is 26.4 Å². The monoisotopic (exact) mass is 505 g/mol. The summed E-state index contributed by atoms with van der Waals surface area (Å²) in [4.78, 5) is 26.0. The maximum absolute atomic E-state index is 14.8. The molecule has 0 radical (unpaired) electrons. The second-order valence-electron chi connectivity index (χ2n) is 10.2. The molecule has 3 aromatic rings. The van der Waals surface area contributed by atoms with Crippen molar-refractivity contribution in [2.45, 2.75) is 51.0 Å². The lowest BCUT2D eigenvalue weighted by atomic mass is 9.85. The highest BCUT2D eigenvalue weighted by atomic mass is 19.1. The second-order valence-corrected chi connectivity index (χ2v) is 10.2. The number of nitrogens with zero attached hydrogens (tertiary/aromatic N) is 3. The van der Waals surface area contributed by atoms with Gasteiger partial charge in [0.1, 0.15) is 11.4 Å². The van der Waals surface area contributed by atoms with Gasteiger partial charge in [0, 0.05) is 29.4 Å². The molecule has 0 atom stereocenters. The van der Waals surface area contributed by atoms with Crippen LogP contribution in [0.3, 0.4) is 0 Å². The third kappa shape index (κ3) is 4.99. The molecular weight excluding hydrogens is 473 g/mol. The molecule has 1 amide bonds. The fraction of sp³-hybridized carbons (Fsp3) is 0.407. The lowest BCUT2D eigenvalue weighted by molar-refractivity contribution is 0.0956. The number of fused-ring (bicyclic) bond motifs is 1. The van der Waals surface area contributed by atoms with Crippen LogP contribution in [0, 0.1) is 5.82 Å². The minimum absolute atomic E-state index is 0.0508. The molecule has 2 aromatic heterocycles. The zero-order valence-corrected chi connectivity index (χ0v) is 21.3. The van der Waals surface area contributed by atoms with Crippen molar-refractivity contribution in [2.24, 2.45) is 0 Å². The highest BCUT2D eigenvalue weighted by molar-refractivity contribution is 5.99. The molecule has 194 valence electrons. The highest BCUT2D eigenvalue weighted by Gasteiger charge is 2.45. The number of anilines is 4. The van der Waals surface area contributed by atoms with Gasteiger partial charge in [-0.1, -0.05) is 6.07 Å². The SMILES string of the molecule is CCNC(=O)c1cnc(Nc2ccc3c(c2)CCNC3(C)C)nc1Nc1nc(C2(CO)CC2)ccc1F. The van der Waals surface area contributed by atoms with E-state index in [-0.39, 0.29) is 41.2 Å². The molecule has 10 heteroatoms. The largest absolute Gasteiger partial charge is 0.395 e. The minimum atomic E-state index is -0.585. The quantitative estimate of drug-likeness (QED) is 0.314. The average molecular weight is 506 g/mol. The Hall–Kier alpha value is -3.63. The fourth-order valence-corrected chi connectivity index (χ4v) is 4.76. The molecule has 1 saturated carbocycles. The van der Waals surface area contributed by atoms with E-state index in [0.717, 1.165) is 31.5 Å². The first-order chi connectivity index (χ1) is 17.7. The third-order valence-electron chi connectivity index (χ3n) is 7.15. The van der Waals surface area contributed by atoms with E-state index < -0.39 is 11.2 Å². The van der Waals surface area contributed by atoms with Gasteiger partial charge in [0.05, 0.1) is 12.3 Å². The van der Waals surface area contributed by atoms with Crippen molar-refractivity contribution in [3.8, 4) is 0 Å². The summed E-state index contributed by atoms with van der Waals surface area (Å²) in [6.45, 7) is 7.39. The Morgan fingerprint density at radius 3 is 2.68 bits per heavy atom. The maximum atomic E-state index is 14.8. The number of aromatic nitrogens is 3. The summed E-state index contributed by atoms with van der Waals surface area (Å²) in [7, 11) is 0. The Morgan fingerprint density at radius 2 is 1.95 bits per heavy atom. The van der Waals surface area contributed by atoms with Crippen LogP contribution in [-0.2, 0) is 17.4 Å². The summed E-state index contributed by atoms with van der Waals surface area (Å²) in [6.07, 6.45) is 3.91. The van der Waals surface area contributed by atoms with E-state index >= 15 is 0 Å². The number of halogens is 1. The Morgan fingerprint density at radius 1 is 1.14 bits per heavy atom. The maximum Gasteiger partial charge on any atom is 0.256 e. The van der Waals surface area contributed by atoms with Crippen molar-refractivity contribution in [2.75, 3.05) is 30.3 Å². The van der Waals surface area contributed by atoms with E-state index in [2.05, 4.69) is 62.2 Å². The number of benzene rings is 1. The predicted molar refractivity (Wildman–Crippen MR) is 140 cm³/mol. The molecule has 1 aromatic carbocycles. The number of rotatable bonds is 8. The van der Waals surface area contributed by atoms with Gasteiger partial charge in [-0.05, 0) is 82.0 Å². The molecule has 0 spiro atoms. The molecule has 0 bridgehead atoms. The summed E-state index contributed by atoms with van der Waals surface area (Å²) in [5, 5.41) is 22.2. The van der Waals surface area contributed by atoms with Crippen LogP contribution in [-0.4, -0.2) is 45.7 Å². The van der Waals surface area contributed by atoms with Crippen LogP contribution in [0.25, 0.3) is 0 Å². The number of amides is 1. The molecule has 1 aliphatic heterocycles. The number of hydrogen-bond donors (Lipinski definition) is 5. The van der Waals surface area contributed by atoms with Gasteiger partial charge in [0.2, 0.25) is 5.95 Å². The van der Waals surface area contributed by atoms with Gasteiger partial charge in [0.25, 0.3) is 5.91 Å². The van der Waals surface area contributed by atoms with Crippen molar-refractivity contribution in [1.82, 2.24) is 25.6 Å². The topological polar surface area (TPSA) is 124 Å². The number of aliphatic hydroxyl groups is 1. The third-order valence-corrected chi connectivity index (χ3v) is 7.15. The van der Waals surface area contributed by atoms with Crippen molar-refractivity contribution in [3.63, 3.8) is 0 Å². The Kier molecular flexibility index (Phi) is 6.55. The van der Waals surface area contributed by atoms with Gasteiger partial charge in [-0.25, -0.2) is 14.4 Å². The molecule has 5 N–H and O–H groups in total. The predicted octanol–water partition coefficient (Wildman–Crippen LogP) is 3.65. The summed E-state index contributed by atoms with van der Waals surface area (Å²) >= 11 is 0. The smallest absolute Gasteiger partial charge is 0.256 e. The van der Waals surface area contributed by atoms with Crippen LogP contribution in [0.5, 0.6) is 0 Å². The normalized spacial score (nSPS) is 17.0. The van der Waals surface area contributed by atoms with Crippen LogP contribution < -0.4 is 21.3 Å². The molecule has 3 heterocycles. The van der Waals surface area contributed by atoms with Crippen LogP contribution in [0.4, 0.5) is 27.7 Å². The van der Waals surface area contributed by atoms with Crippen LogP contribution in [0.15, 0.2) is 36.5 Å². The lowest BCUT2D eigenvalue weighted by Gasteiger charge is -2.34. The van der Waals surface area contributed by atoms with Crippen molar-refractivity contribution >= 4 is 29.2 Å². The zero-order chi connectivity index (χ0) is 26.2. The summed E-state index contributed by atoms with van der Waals surface area (Å²) in [6, 6.07) is 9.05. The molecule has 5 rings (SSSR count). The summed E-state index contributed by atoms with van der Waals surface area (Å²) in [5.74, 6) is -0.640. The number of nitrogens with one attached hydrogen (secondary N) is 4. The minimum Gasteiger partial charge on any atom is -0.395 e. The lowest BCUT2D eigenvalue weighted by Crippen LogP contribution is -2.42. The number of carbonyl (C=O) groups excluding carboxylic acids is 1. The van der Waals surface area contributed by atoms with Crippen LogP contribution >= 0.6 is 0 Å². The van der Waals surface area contributed by atoms with Gasteiger partial charge in [0.15, 0.2) is 11.6 Å². The van der Waals surface area contributed by atoms with Crippen molar-refractivity contribution in [3.05, 3.63) is 64.7 Å². The Labute approximate surface area is 215 Å². The van der Waals surface area contributed by atoms with Gasteiger partial charge in [-0.2, -0.15) is 4.98 Å². The first-order valence-corrected chi connectivity index (χ1v) is 12.6. The first-order valence-electron chi connectivity index (χ1n) is 12.6. The van der Waals surface area contributed by atoms with Crippen LogP contribution in [0.2, 0.25) is 0 Å². The molecule has 1 aliphatic carbocycles. The standard InChI is InChI=1S/C27H32FN7O2/c1-4-29-24(37)18-14-30-25(32-17-5-6-19-16(13-17)9-12-31-26(19,2)3)35-22(18)34-23-20(28)7-8-21(33-23)27(15-36)10-11-27/h5-8,13-14,31,36H,4,9-12,15H2,1-3H3,(H,29,37)(H2,30,32,33,34,35). The number of pyridine rings is 1. The van der Waals surface area contributed by atoms with Crippen molar-refractivity contribution in [1.29, 1.82) is 0 Å². The number of carbonyl (C=O) groups is 1. The van der Waals surface area contributed by atoms with E-state index in [4.69, 9.17) is 0 Å². The van der Waals surface area contributed by atoms with Gasteiger partial charge in [-0.3, -0.25) is 4.79 Å². The van der Waals surface area contributed by atoms with E-state index in [0.29, 0.717) is 12.2 Å². The van der Waals surface area contributed by atoms with Gasteiger partial charge >= 0.3 is 0 Å². The zero-order valence-electron chi connectivity index (χ0n) is 21.3. The Balaban J connectivity index is 1.46. The van der Waals surface area contributed by atoms with E-state index in [1.54, 1.807) is 6.07 Å². The fourth-order valence-electron chi connectivity index (χ4n) is 4.76.